The van der Waals surface area contributed by atoms with Crippen molar-refractivity contribution in [2.24, 2.45) is 7.05 Å². The number of carboxylic acid groups (broad SMARTS) is 1. The van der Waals surface area contributed by atoms with Gasteiger partial charge in [0.05, 0.1) is 18.0 Å². The van der Waals surface area contributed by atoms with Gasteiger partial charge in [-0.3, -0.25) is 13.9 Å². The van der Waals surface area contributed by atoms with Crippen LogP contribution in [0.1, 0.15) is 42.9 Å². The molecule has 11 heteroatoms. The van der Waals surface area contributed by atoms with Gasteiger partial charge in [-0.1, -0.05) is 36.4 Å². The van der Waals surface area contributed by atoms with E-state index in [4.69, 9.17) is 4.74 Å². The molecule has 1 aliphatic heterocycles. The third kappa shape index (κ3) is 4.65. The molecule has 39 heavy (non-hydrogen) atoms. The number of carboxylic acids is 1. The molecule has 5 rings (SSSR count). The Hall–Kier alpha value is -3.51. The molecule has 1 aromatic heterocycles. The Balaban J connectivity index is 1.73. The number of aryl methyl sites for hydroxylation is 2. The number of aliphatic carboxylic acids is 1. The number of hydrogen-bond acceptors (Lipinski definition) is 7. The Morgan fingerprint density at radius 3 is 2.67 bits per heavy atom. The number of fused-ring (bicyclic) bond motifs is 2. The number of rotatable bonds is 6. The lowest BCUT2D eigenvalue weighted by Gasteiger charge is -2.42. The van der Waals surface area contributed by atoms with E-state index < -0.39 is 28.5 Å². The first-order valence-electron chi connectivity index (χ1n) is 12.7. The van der Waals surface area contributed by atoms with Crippen molar-refractivity contribution in [3.05, 3.63) is 71.0 Å². The SMILES string of the molecule is CCC1CN(Cc2c(F)ccc(C(C)C(=O)O)c2-c2ccc3c(nnn3C)c2C)S(O)(O)c2ccccc2O1. The monoisotopic (exact) mass is 554 g/mol. The van der Waals surface area contributed by atoms with Gasteiger partial charge in [0.25, 0.3) is 0 Å². The van der Waals surface area contributed by atoms with Crippen LogP contribution in [-0.2, 0) is 18.4 Å². The minimum Gasteiger partial charge on any atom is -0.487 e. The molecule has 206 valence electrons. The summed E-state index contributed by atoms with van der Waals surface area (Å²) in [4.78, 5) is 12.3. The molecule has 9 nitrogen and oxygen atoms in total. The van der Waals surface area contributed by atoms with E-state index in [1.165, 1.54) is 16.4 Å². The summed E-state index contributed by atoms with van der Waals surface area (Å²) in [5.74, 6) is -2.20. The zero-order valence-corrected chi connectivity index (χ0v) is 22.9. The van der Waals surface area contributed by atoms with Gasteiger partial charge in [-0.15, -0.1) is 15.9 Å². The summed E-state index contributed by atoms with van der Waals surface area (Å²) in [6.07, 6.45) is 0.221. The Morgan fingerprint density at radius 2 is 1.95 bits per heavy atom. The highest BCUT2D eigenvalue weighted by Gasteiger charge is 2.36. The van der Waals surface area contributed by atoms with Crippen molar-refractivity contribution in [1.29, 1.82) is 0 Å². The highest BCUT2D eigenvalue weighted by atomic mass is 32.3. The second-order valence-corrected chi connectivity index (χ2v) is 11.8. The first kappa shape index (κ1) is 27.1. The van der Waals surface area contributed by atoms with Crippen molar-refractivity contribution in [3.63, 3.8) is 0 Å². The van der Waals surface area contributed by atoms with E-state index in [1.807, 2.05) is 26.0 Å². The van der Waals surface area contributed by atoms with E-state index in [1.54, 1.807) is 42.9 Å². The molecule has 2 unspecified atom stereocenters. The van der Waals surface area contributed by atoms with Crippen LogP contribution in [-0.4, -0.2) is 52.1 Å². The van der Waals surface area contributed by atoms with Crippen LogP contribution in [0, 0.1) is 12.7 Å². The molecule has 4 aromatic rings. The Bertz CT molecular complexity index is 1570. The fraction of sp³-hybridized carbons (Fsp3) is 0.321. The quantitative estimate of drug-likeness (QED) is 0.267. The molecule has 3 aromatic carbocycles. The van der Waals surface area contributed by atoms with Crippen molar-refractivity contribution in [3.8, 4) is 16.9 Å². The zero-order chi connectivity index (χ0) is 28.1. The topological polar surface area (TPSA) is 121 Å². The fourth-order valence-electron chi connectivity index (χ4n) is 5.12. The number of ether oxygens (including phenoxy) is 1. The van der Waals surface area contributed by atoms with E-state index >= 15 is 4.39 Å². The van der Waals surface area contributed by atoms with Gasteiger partial charge in [-0.25, -0.2) is 9.07 Å². The molecule has 2 atom stereocenters. The van der Waals surface area contributed by atoms with Gasteiger partial charge >= 0.3 is 5.97 Å². The van der Waals surface area contributed by atoms with Crippen LogP contribution in [0.4, 0.5) is 4.39 Å². The van der Waals surface area contributed by atoms with Crippen LogP contribution in [0.15, 0.2) is 53.4 Å². The Morgan fingerprint density at radius 1 is 1.21 bits per heavy atom. The highest BCUT2D eigenvalue weighted by molar-refractivity contribution is 8.22. The molecule has 0 bridgehead atoms. The van der Waals surface area contributed by atoms with Gasteiger partial charge in [0, 0.05) is 19.2 Å². The fourth-order valence-corrected chi connectivity index (χ4v) is 6.72. The van der Waals surface area contributed by atoms with Crippen LogP contribution >= 0.6 is 10.8 Å². The smallest absolute Gasteiger partial charge is 0.310 e. The molecule has 0 fully saturated rings. The minimum atomic E-state index is -3.57. The lowest BCUT2D eigenvalue weighted by atomic mass is 9.85. The first-order chi connectivity index (χ1) is 18.5. The van der Waals surface area contributed by atoms with Crippen LogP contribution in [0.2, 0.25) is 0 Å². The average molecular weight is 555 g/mol. The molecule has 0 aliphatic carbocycles. The average Bonchev–Trinajstić information content (AvgIpc) is 3.25. The molecular weight excluding hydrogens is 523 g/mol. The summed E-state index contributed by atoms with van der Waals surface area (Å²) >= 11 is 0. The van der Waals surface area contributed by atoms with Crippen LogP contribution < -0.4 is 4.74 Å². The standard InChI is InChI=1S/C28H31FN4O5S/c1-5-18-14-33(39(36,37)25-9-7-6-8-24(25)38-18)15-21-22(29)12-10-20(17(3)28(34)35)26(21)19-11-13-23-27(16(19)2)30-31-32(23)4/h6-13,17-18,36-37H,5,14-15H2,1-4H3,(H,34,35). The third-order valence-corrected chi connectivity index (χ3v) is 9.35. The van der Waals surface area contributed by atoms with Crippen molar-refractivity contribution >= 4 is 27.8 Å². The summed E-state index contributed by atoms with van der Waals surface area (Å²) in [6.45, 7) is 5.27. The molecule has 0 radical (unpaired) electrons. The summed E-state index contributed by atoms with van der Waals surface area (Å²) in [6, 6.07) is 13.1. The van der Waals surface area contributed by atoms with Crippen molar-refractivity contribution in [2.45, 2.75) is 50.7 Å². The molecule has 0 amide bonds. The Kier molecular flexibility index (Phi) is 7.10. The van der Waals surface area contributed by atoms with Crippen molar-refractivity contribution < 1.29 is 28.1 Å². The van der Waals surface area contributed by atoms with Crippen LogP contribution in [0.25, 0.3) is 22.2 Å². The zero-order valence-electron chi connectivity index (χ0n) is 22.1. The maximum atomic E-state index is 15.8. The van der Waals surface area contributed by atoms with Crippen LogP contribution in [0.3, 0.4) is 0 Å². The molecule has 0 saturated carbocycles. The van der Waals surface area contributed by atoms with E-state index in [0.717, 1.165) is 5.52 Å². The maximum Gasteiger partial charge on any atom is 0.310 e. The number of aromatic nitrogens is 3. The summed E-state index contributed by atoms with van der Waals surface area (Å²) in [5.41, 5.74) is 3.71. The maximum absolute atomic E-state index is 15.8. The number of halogens is 1. The van der Waals surface area contributed by atoms with E-state index in [0.29, 0.717) is 39.9 Å². The summed E-state index contributed by atoms with van der Waals surface area (Å²) < 4.78 is 48.0. The largest absolute Gasteiger partial charge is 0.487 e. The normalized spacial score (nSPS) is 18.7. The lowest BCUT2D eigenvalue weighted by Crippen LogP contribution is -2.35. The molecular formula is C28H31FN4O5S. The molecule has 3 N–H and O–H groups in total. The third-order valence-electron chi connectivity index (χ3n) is 7.43. The van der Waals surface area contributed by atoms with Gasteiger partial charge < -0.3 is 9.84 Å². The van der Waals surface area contributed by atoms with E-state index in [9.17, 15) is 19.0 Å². The van der Waals surface area contributed by atoms with E-state index in [-0.39, 0.29) is 29.7 Å². The number of carbonyl (C=O) groups is 1. The van der Waals surface area contributed by atoms with Crippen molar-refractivity contribution in [1.82, 2.24) is 19.3 Å². The predicted octanol–water partition coefficient (Wildman–Crippen LogP) is 5.97. The van der Waals surface area contributed by atoms with E-state index in [2.05, 4.69) is 10.3 Å². The van der Waals surface area contributed by atoms with Gasteiger partial charge in [0.2, 0.25) is 0 Å². The molecule has 0 saturated heterocycles. The number of nitrogens with zero attached hydrogens (tertiary/aromatic N) is 4. The van der Waals surface area contributed by atoms with Crippen molar-refractivity contribution in [2.75, 3.05) is 6.54 Å². The van der Waals surface area contributed by atoms with Gasteiger partial charge in [0.1, 0.15) is 28.1 Å². The second-order valence-electron chi connectivity index (χ2n) is 9.81. The molecule has 1 aliphatic rings. The summed E-state index contributed by atoms with van der Waals surface area (Å²) in [5, 5.41) is 18.3. The molecule has 2 heterocycles. The van der Waals surface area contributed by atoms with Gasteiger partial charge in [0.15, 0.2) is 0 Å². The molecule has 0 spiro atoms. The summed E-state index contributed by atoms with van der Waals surface area (Å²) in [7, 11) is -1.80. The minimum absolute atomic E-state index is 0.132. The van der Waals surface area contributed by atoms with Gasteiger partial charge in [-0.2, -0.15) is 4.31 Å². The van der Waals surface area contributed by atoms with Gasteiger partial charge in [-0.05, 0) is 66.8 Å². The highest BCUT2D eigenvalue weighted by Crippen LogP contribution is 2.58. The number of benzene rings is 3. The predicted molar refractivity (Wildman–Crippen MR) is 147 cm³/mol. The lowest BCUT2D eigenvalue weighted by molar-refractivity contribution is -0.138. The first-order valence-corrected chi connectivity index (χ1v) is 14.2. The Labute approximate surface area is 227 Å². The number of hydrogen-bond donors (Lipinski definition) is 3. The number of para-hydroxylation sites is 1. The van der Waals surface area contributed by atoms with Crippen LogP contribution in [0.5, 0.6) is 5.75 Å². The second kappa shape index (κ2) is 10.2.